The standard InChI is InChI=1S/C21H17FN4O3/c1-12-16(22)8-5-14(6-10-19(28)29)20(12)24-18(27)9-4-13-3-7-15-17(11-13)25-26-21(15)23-2/h3-5,7-9,11H,6,10H2,1H3,(H,24,27)(H,25,26)(H,28,29)/b9-4+. The molecule has 1 amide bonds. The fraction of sp³-hybridized carbons (Fsp3) is 0.143. The Morgan fingerprint density at radius 2 is 2.14 bits per heavy atom. The van der Waals surface area contributed by atoms with E-state index >= 15 is 0 Å². The number of halogens is 1. The van der Waals surface area contributed by atoms with Crippen LogP contribution in [0.15, 0.2) is 36.4 Å². The molecule has 29 heavy (non-hydrogen) atoms. The summed E-state index contributed by atoms with van der Waals surface area (Å²) >= 11 is 0. The van der Waals surface area contributed by atoms with E-state index in [9.17, 15) is 14.0 Å². The lowest BCUT2D eigenvalue weighted by molar-refractivity contribution is -0.136. The van der Waals surface area contributed by atoms with Crippen molar-refractivity contribution in [2.24, 2.45) is 0 Å². The molecule has 3 rings (SSSR count). The normalized spacial score (nSPS) is 10.9. The quantitative estimate of drug-likeness (QED) is 0.432. The Labute approximate surface area is 165 Å². The maximum absolute atomic E-state index is 13.9. The first-order valence-electron chi connectivity index (χ1n) is 8.73. The van der Waals surface area contributed by atoms with Gasteiger partial charge in [-0.2, -0.15) is 0 Å². The van der Waals surface area contributed by atoms with Gasteiger partial charge in [0, 0.05) is 23.4 Å². The number of carbonyl (C=O) groups excluding carboxylic acids is 1. The van der Waals surface area contributed by atoms with Gasteiger partial charge in [-0.05, 0) is 42.7 Å². The third kappa shape index (κ3) is 4.47. The Morgan fingerprint density at radius 1 is 1.34 bits per heavy atom. The Bertz CT molecular complexity index is 1170. The molecule has 3 N–H and O–H groups in total. The molecular formula is C21H17FN4O3. The maximum Gasteiger partial charge on any atom is 0.303 e. The molecule has 0 aliphatic carbocycles. The van der Waals surface area contributed by atoms with Crippen LogP contribution in [0.3, 0.4) is 0 Å². The molecule has 1 aromatic heterocycles. The Hall–Kier alpha value is -3.99. The molecule has 0 unspecified atom stereocenters. The Balaban J connectivity index is 1.79. The average Bonchev–Trinajstić information content (AvgIpc) is 3.11. The molecule has 0 fully saturated rings. The number of hydrogen-bond acceptors (Lipinski definition) is 3. The monoisotopic (exact) mass is 392 g/mol. The third-order valence-electron chi connectivity index (χ3n) is 4.44. The Morgan fingerprint density at radius 3 is 2.86 bits per heavy atom. The zero-order chi connectivity index (χ0) is 21.0. The van der Waals surface area contributed by atoms with Crippen LogP contribution in [0.2, 0.25) is 0 Å². The van der Waals surface area contributed by atoms with Crippen LogP contribution in [0.5, 0.6) is 0 Å². The zero-order valence-electron chi connectivity index (χ0n) is 15.5. The van der Waals surface area contributed by atoms with E-state index < -0.39 is 17.7 Å². The predicted octanol–water partition coefficient (Wildman–Crippen LogP) is 4.23. The van der Waals surface area contributed by atoms with Crippen molar-refractivity contribution in [2.45, 2.75) is 19.8 Å². The molecule has 3 aromatic rings. The fourth-order valence-corrected chi connectivity index (χ4v) is 2.91. The van der Waals surface area contributed by atoms with Crippen LogP contribution in [0.4, 0.5) is 15.9 Å². The summed E-state index contributed by atoms with van der Waals surface area (Å²) < 4.78 is 13.9. The number of carbonyl (C=O) groups is 2. The van der Waals surface area contributed by atoms with Gasteiger partial charge in [-0.25, -0.2) is 9.49 Å². The van der Waals surface area contributed by atoms with Crippen LogP contribution < -0.4 is 5.32 Å². The van der Waals surface area contributed by atoms with Gasteiger partial charge in [0.15, 0.2) is 0 Å². The second-order valence-electron chi connectivity index (χ2n) is 6.38. The molecule has 146 valence electrons. The molecule has 0 aliphatic rings. The van der Waals surface area contributed by atoms with Crippen molar-refractivity contribution in [1.82, 2.24) is 10.2 Å². The SMILES string of the molecule is [C-]#[N+]c1[nH]nc2cc(/C=C/C(=O)Nc3c(CCC(=O)O)ccc(F)c3C)ccc12. The van der Waals surface area contributed by atoms with Gasteiger partial charge in [0.2, 0.25) is 5.91 Å². The van der Waals surface area contributed by atoms with Crippen molar-refractivity contribution in [1.29, 1.82) is 0 Å². The molecule has 0 bridgehead atoms. The molecule has 0 aliphatic heterocycles. The van der Waals surface area contributed by atoms with Crippen LogP contribution >= 0.6 is 0 Å². The molecule has 0 radical (unpaired) electrons. The summed E-state index contributed by atoms with van der Waals surface area (Å²) in [6.07, 6.45) is 2.93. The van der Waals surface area contributed by atoms with Crippen LogP contribution in [0, 0.1) is 19.3 Å². The number of carboxylic acids is 1. The summed E-state index contributed by atoms with van der Waals surface area (Å²) in [6, 6.07) is 7.96. The number of rotatable bonds is 6. The Kier molecular flexibility index (Phi) is 5.69. The van der Waals surface area contributed by atoms with E-state index in [1.54, 1.807) is 24.3 Å². The van der Waals surface area contributed by atoms with Gasteiger partial charge in [-0.15, -0.1) is 5.10 Å². The van der Waals surface area contributed by atoms with E-state index in [2.05, 4.69) is 20.4 Å². The van der Waals surface area contributed by atoms with Gasteiger partial charge < -0.3 is 15.3 Å². The number of aromatic amines is 1. The number of benzene rings is 2. The number of carboxylic acid groups (broad SMARTS) is 1. The second-order valence-corrected chi connectivity index (χ2v) is 6.38. The first kappa shape index (κ1) is 19.8. The van der Waals surface area contributed by atoms with E-state index in [-0.39, 0.29) is 24.1 Å². The van der Waals surface area contributed by atoms with Gasteiger partial charge in [0.05, 0.1) is 5.69 Å². The number of anilines is 1. The van der Waals surface area contributed by atoms with Crippen molar-refractivity contribution in [3.8, 4) is 0 Å². The first-order chi connectivity index (χ1) is 13.9. The van der Waals surface area contributed by atoms with Gasteiger partial charge >= 0.3 is 5.97 Å². The topological polar surface area (TPSA) is 99.4 Å². The number of aryl methyl sites for hydroxylation is 1. The molecule has 7 nitrogen and oxygen atoms in total. The summed E-state index contributed by atoms with van der Waals surface area (Å²) in [5.41, 5.74) is 2.40. The third-order valence-corrected chi connectivity index (χ3v) is 4.44. The van der Waals surface area contributed by atoms with Gasteiger partial charge in [-0.3, -0.25) is 9.59 Å². The van der Waals surface area contributed by atoms with Crippen LogP contribution in [-0.2, 0) is 16.0 Å². The van der Waals surface area contributed by atoms with Crippen molar-refractivity contribution in [3.05, 3.63) is 70.3 Å². The molecule has 0 atom stereocenters. The van der Waals surface area contributed by atoms with Gasteiger partial charge in [0.1, 0.15) is 11.3 Å². The number of fused-ring (bicyclic) bond motifs is 1. The summed E-state index contributed by atoms with van der Waals surface area (Å²) in [5, 5.41) is 18.9. The number of nitrogens with zero attached hydrogens (tertiary/aromatic N) is 2. The van der Waals surface area contributed by atoms with E-state index in [0.717, 1.165) is 0 Å². The van der Waals surface area contributed by atoms with Crippen molar-refractivity contribution in [2.75, 3.05) is 5.32 Å². The summed E-state index contributed by atoms with van der Waals surface area (Å²) in [7, 11) is 0. The zero-order valence-corrected chi connectivity index (χ0v) is 15.5. The fourth-order valence-electron chi connectivity index (χ4n) is 2.91. The highest BCUT2D eigenvalue weighted by molar-refractivity contribution is 6.03. The summed E-state index contributed by atoms with van der Waals surface area (Å²) in [4.78, 5) is 26.5. The van der Waals surface area contributed by atoms with Gasteiger partial charge in [-0.1, -0.05) is 24.8 Å². The lowest BCUT2D eigenvalue weighted by Crippen LogP contribution is -2.12. The number of amides is 1. The van der Waals surface area contributed by atoms with E-state index in [1.807, 2.05) is 0 Å². The van der Waals surface area contributed by atoms with Crippen molar-refractivity contribution in [3.63, 3.8) is 0 Å². The minimum atomic E-state index is -0.973. The molecule has 8 heteroatoms. The van der Waals surface area contributed by atoms with E-state index in [1.165, 1.54) is 25.1 Å². The molecular weight excluding hydrogens is 375 g/mol. The molecule has 0 saturated carbocycles. The highest BCUT2D eigenvalue weighted by Gasteiger charge is 2.13. The lowest BCUT2D eigenvalue weighted by atomic mass is 10.0. The number of nitrogens with one attached hydrogen (secondary N) is 2. The minimum absolute atomic E-state index is 0.125. The highest BCUT2D eigenvalue weighted by atomic mass is 19.1. The molecule has 1 heterocycles. The largest absolute Gasteiger partial charge is 0.481 e. The summed E-state index contributed by atoms with van der Waals surface area (Å²) in [6.45, 7) is 8.60. The maximum atomic E-state index is 13.9. The highest BCUT2D eigenvalue weighted by Crippen LogP contribution is 2.26. The summed E-state index contributed by atoms with van der Waals surface area (Å²) in [5.74, 6) is -1.58. The lowest BCUT2D eigenvalue weighted by Gasteiger charge is -2.13. The van der Waals surface area contributed by atoms with E-state index in [4.69, 9.17) is 11.7 Å². The number of aromatic nitrogens is 2. The predicted molar refractivity (Wildman–Crippen MR) is 107 cm³/mol. The van der Waals surface area contributed by atoms with Crippen molar-refractivity contribution < 1.29 is 19.1 Å². The van der Waals surface area contributed by atoms with Crippen LogP contribution in [-0.4, -0.2) is 27.2 Å². The number of aliphatic carboxylic acids is 1. The molecule has 0 saturated heterocycles. The van der Waals surface area contributed by atoms with Crippen molar-refractivity contribution >= 4 is 40.4 Å². The average molecular weight is 392 g/mol. The first-order valence-corrected chi connectivity index (χ1v) is 8.73. The number of hydrogen-bond donors (Lipinski definition) is 3. The minimum Gasteiger partial charge on any atom is -0.481 e. The number of H-pyrrole nitrogens is 1. The second kappa shape index (κ2) is 8.35. The van der Waals surface area contributed by atoms with Gasteiger partial charge in [0.25, 0.3) is 5.82 Å². The van der Waals surface area contributed by atoms with Crippen LogP contribution in [0.1, 0.15) is 23.1 Å². The molecule has 0 spiro atoms. The molecule has 2 aromatic carbocycles. The van der Waals surface area contributed by atoms with E-state index in [0.29, 0.717) is 27.8 Å². The van der Waals surface area contributed by atoms with Crippen LogP contribution in [0.25, 0.3) is 21.8 Å². The smallest absolute Gasteiger partial charge is 0.303 e.